The van der Waals surface area contributed by atoms with E-state index < -0.39 is 0 Å². The Labute approximate surface area is 173 Å². The molecule has 0 N–H and O–H groups in total. The lowest BCUT2D eigenvalue weighted by Crippen LogP contribution is -2.46. The smallest absolute Gasteiger partial charge is 0.167 e. The minimum Gasteiger partial charge on any atom is -0.368 e. The fraction of sp³-hybridized carbons (Fsp3) is 0.333. The first kappa shape index (κ1) is 17.9. The maximum Gasteiger partial charge on any atom is 0.167 e. The predicted octanol–water partition coefficient (Wildman–Crippen LogP) is 4.51. The Morgan fingerprint density at radius 2 is 1.68 bits per heavy atom. The molecule has 2 aromatic heterocycles. The number of benzene rings is 2. The third-order valence-electron chi connectivity index (χ3n) is 5.37. The van der Waals surface area contributed by atoms with Crippen LogP contribution < -0.4 is 4.90 Å². The number of hydrogen-bond acceptors (Lipinski definition) is 5. The van der Waals surface area contributed by atoms with E-state index in [0.717, 1.165) is 66.7 Å². The summed E-state index contributed by atoms with van der Waals surface area (Å²) >= 11 is 8.06. The minimum atomic E-state index is 0.841. The summed E-state index contributed by atoms with van der Waals surface area (Å²) in [6.45, 7) is 6.11. The zero-order chi connectivity index (χ0) is 18.9. The predicted molar refractivity (Wildman–Crippen MR) is 118 cm³/mol. The van der Waals surface area contributed by atoms with Crippen molar-refractivity contribution in [2.45, 2.75) is 13.0 Å². The average molecular weight is 412 g/mol. The van der Waals surface area contributed by atoms with Gasteiger partial charge in [0.15, 0.2) is 4.83 Å². The van der Waals surface area contributed by atoms with Crippen molar-refractivity contribution < 1.29 is 0 Å². The van der Waals surface area contributed by atoms with Crippen LogP contribution in [0.3, 0.4) is 0 Å². The van der Waals surface area contributed by atoms with Crippen LogP contribution >= 0.6 is 22.9 Å². The third-order valence-corrected chi connectivity index (χ3v) is 6.73. The van der Waals surface area contributed by atoms with E-state index in [2.05, 4.69) is 51.3 Å². The summed E-state index contributed by atoms with van der Waals surface area (Å²) in [7, 11) is 0. The van der Waals surface area contributed by atoms with E-state index >= 15 is 0 Å². The van der Waals surface area contributed by atoms with Crippen LogP contribution in [-0.4, -0.2) is 52.6 Å². The van der Waals surface area contributed by atoms with Crippen molar-refractivity contribution in [2.75, 3.05) is 37.6 Å². The van der Waals surface area contributed by atoms with E-state index in [0.29, 0.717) is 0 Å². The molecule has 2 aromatic carbocycles. The van der Waals surface area contributed by atoms with Gasteiger partial charge in [0, 0.05) is 42.8 Å². The van der Waals surface area contributed by atoms with Crippen LogP contribution in [-0.2, 0) is 6.54 Å². The van der Waals surface area contributed by atoms with Gasteiger partial charge in [0.25, 0.3) is 0 Å². The van der Waals surface area contributed by atoms with Crippen molar-refractivity contribution in [3.63, 3.8) is 0 Å². The van der Waals surface area contributed by atoms with Gasteiger partial charge in [-0.05, 0) is 24.6 Å². The Kier molecular flexibility index (Phi) is 4.93. The SMILES string of the molecule is Clc1ccccc1N1CCN(CCCn2nc3sc4ccccc4c3n2)CC1. The standard InChI is InChI=1S/C21H22ClN5S/c22-17-7-2-3-8-18(17)26-14-12-25(13-15-26)10-5-11-27-23-20-16-6-1-4-9-19(16)28-21(20)24-27/h1-4,6-9H,5,10-15H2. The van der Waals surface area contributed by atoms with Crippen molar-refractivity contribution in [1.82, 2.24) is 19.9 Å². The lowest BCUT2D eigenvalue weighted by atomic mass is 10.2. The minimum absolute atomic E-state index is 0.841. The van der Waals surface area contributed by atoms with E-state index in [1.807, 2.05) is 16.9 Å². The van der Waals surface area contributed by atoms with Gasteiger partial charge in [-0.1, -0.05) is 41.9 Å². The zero-order valence-electron chi connectivity index (χ0n) is 15.6. The molecule has 1 aliphatic rings. The second-order valence-electron chi connectivity index (χ2n) is 7.18. The van der Waals surface area contributed by atoms with Crippen molar-refractivity contribution in [2.24, 2.45) is 0 Å². The molecule has 3 heterocycles. The molecule has 0 radical (unpaired) electrons. The van der Waals surface area contributed by atoms with Crippen LogP contribution in [0.4, 0.5) is 5.69 Å². The third kappa shape index (κ3) is 3.48. The van der Waals surface area contributed by atoms with E-state index in [4.69, 9.17) is 16.7 Å². The Hall–Kier alpha value is -2.15. The molecule has 0 bridgehead atoms. The zero-order valence-corrected chi connectivity index (χ0v) is 17.2. The molecule has 7 heteroatoms. The van der Waals surface area contributed by atoms with Gasteiger partial charge in [0.2, 0.25) is 0 Å². The van der Waals surface area contributed by atoms with E-state index in [9.17, 15) is 0 Å². The summed E-state index contributed by atoms with van der Waals surface area (Å²) in [6, 6.07) is 16.5. The van der Waals surface area contributed by atoms with Crippen LogP contribution in [0, 0.1) is 0 Å². The largest absolute Gasteiger partial charge is 0.368 e. The fourth-order valence-corrected chi connectivity index (χ4v) is 5.15. The highest BCUT2D eigenvalue weighted by atomic mass is 35.5. The summed E-state index contributed by atoms with van der Waals surface area (Å²) in [4.78, 5) is 7.81. The molecule has 1 aliphatic heterocycles. The van der Waals surface area contributed by atoms with E-state index in [1.54, 1.807) is 11.3 Å². The van der Waals surface area contributed by atoms with Gasteiger partial charge in [0.05, 0.1) is 17.3 Å². The highest BCUT2D eigenvalue weighted by molar-refractivity contribution is 7.25. The molecule has 0 saturated carbocycles. The monoisotopic (exact) mass is 411 g/mol. The normalized spacial score (nSPS) is 15.7. The number of aromatic nitrogens is 3. The van der Waals surface area contributed by atoms with Crippen LogP contribution in [0.15, 0.2) is 48.5 Å². The quantitative estimate of drug-likeness (QED) is 0.484. The fourth-order valence-electron chi connectivity index (χ4n) is 3.88. The first-order chi connectivity index (χ1) is 13.8. The number of fused-ring (bicyclic) bond motifs is 3. The summed E-state index contributed by atoms with van der Waals surface area (Å²) in [6.07, 6.45) is 1.06. The second kappa shape index (κ2) is 7.70. The van der Waals surface area contributed by atoms with Crippen molar-refractivity contribution in [3.05, 3.63) is 53.6 Å². The summed E-state index contributed by atoms with van der Waals surface area (Å²) in [5.41, 5.74) is 2.19. The molecular weight excluding hydrogens is 390 g/mol. The lowest BCUT2D eigenvalue weighted by Gasteiger charge is -2.36. The van der Waals surface area contributed by atoms with Crippen molar-refractivity contribution in [1.29, 1.82) is 0 Å². The van der Waals surface area contributed by atoms with Crippen LogP contribution in [0.1, 0.15) is 6.42 Å². The molecule has 0 atom stereocenters. The second-order valence-corrected chi connectivity index (χ2v) is 8.62. The highest BCUT2D eigenvalue weighted by Crippen LogP contribution is 2.31. The molecule has 5 nitrogen and oxygen atoms in total. The molecule has 1 saturated heterocycles. The molecule has 0 amide bonds. The molecule has 4 aromatic rings. The molecule has 0 spiro atoms. The Bertz CT molecular complexity index is 1100. The van der Waals surface area contributed by atoms with E-state index in [-0.39, 0.29) is 0 Å². The number of thiophene rings is 1. The number of anilines is 1. The first-order valence-electron chi connectivity index (χ1n) is 9.72. The van der Waals surface area contributed by atoms with E-state index in [1.165, 1.54) is 10.1 Å². The van der Waals surface area contributed by atoms with Gasteiger partial charge in [0.1, 0.15) is 5.52 Å². The average Bonchev–Trinajstić information content (AvgIpc) is 3.26. The lowest BCUT2D eigenvalue weighted by molar-refractivity contribution is 0.247. The number of piperazine rings is 1. The molecular formula is C21H22ClN5S. The topological polar surface area (TPSA) is 37.2 Å². The number of para-hydroxylation sites is 1. The van der Waals surface area contributed by atoms with Crippen molar-refractivity contribution >= 4 is 49.1 Å². The maximum atomic E-state index is 6.33. The Morgan fingerprint density at radius 3 is 2.54 bits per heavy atom. The maximum absolute atomic E-state index is 6.33. The van der Waals surface area contributed by atoms with Crippen molar-refractivity contribution in [3.8, 4) is 0 Å². The summed E-state index contributed by atoms with van der Waals surface area (Å²) in [5, 5.41) is 11.4. The van der Waals surface area contributed by atoms with Crippen LogP contribution in [0.25, 0.3) is 20.4 Å². The van der Waals surface area contributed by atoms with Gasteiger partial charge in [-0.15, -0.1) is 16.4 Å². The van der Waals surface area contributed by atoms with Gasteiger partial charge in [-0.25, -0.2) is 0 Å². The molecule has 0 aliphatic carbocycles. The molecule has 0 unspecified atom stereocenters. The summed E-state index contributed by atoms with van der Waals surface area (Å²) in [5.74, 6) is 0. The number of aryl methyl sites for hydroxylation is 1. The molecule has 5 rings (SSSR count). The van der Waals surface area contributed by atoms with Gasteiger partial charge >= 0.3 is 0 Å². The highest BCUT2D eigenvalue weighted by Gasteiger charge is 2.18. The molecule has 144 valence electrons. The van der Waals surface area contributed by atoms with Crippen LogP contribution in [0.2, 0.25) is 5.02 Å². The summed E-state index contributed by atoms with van der Waals surface area (Å²) < 4.78 is 1.26. The molecule has 28 heavy (non-hydrogen) atoms. The van der Waals surface area contributed by atoms with Crippen LogP contribution in [0.5, 0.6) is 0 Å². The van der Waals surface area contributed by atoms with Gasteiger partial charge < -0.3 is 4.90 Å². The van der Waals surface area contributed by atoms with Gasteiger partial charge in [-0.2, -0.15) is 9.90 Å². The number of halogens is 1. The first-order valence-corrected chi connectivity index (χ1v) is 10.9. The number of hydrogen-bond donors (Lipinski definition) is 0. The number of nitrogens with zero attached hydrogens (tertiary/aromatic N) is 5. The Morgan fingerprint density at radius 1 is 0.893 bits per heavy atom. The number of rotatable bonds is 5. The Balaban J connectivity index is 1.15. The van der Waals surface area contributed by atoms with Gasteiger partial charge in [-0.3, -0.25) is 4.90 Å². The molecule has 1 fully saturated rings.